The molecule has 0 fully saturated rings. The Balaban J connectivity index is 2.42. The maximum absolute atomic E-state index is 11.0. The van der Waals surface area contributed by atoms with E-state index < -0.39 is 11.9 Å². The van der Waals surface area contributed by atoms with Gasteiger partial charge in [0, 0.05) is 23.2 Å². The van der Waals surface area contributed by atoms with E-state index in [9.17, 15) is 9.59 Å². The quantitative estimate of drug-likeness (QED) is 0.640. The Kier molecular flexibility index (Phi) is 3.14. The standard InChI is InChI=1S/C13H11NO4/c1-18-12(15)5-3-8-2-4-11-9(6-8)10(7-14-11)13(16)17/h2-7,14H,1H3,(H,16,17). The maximum Gasteiger partial charge on any atom is 0.337 e. The first-order chi connectivity index (χ1) is 8.61. The molecular formula is C13H11NO4. The fourth-order valence-electron chi connectivity index (χ4n) is 1.65. The molecule has 0 radical (unpaired) electrons. The summed E-state index contributed by atoms with van der Waals surface area (Å²) in [5, 5.41) is 9.61. The predicted molar refractivity (Wildman–Crippen MR) is 66.3 cm³/mol. The number of aromatic nitrogens is 1. The fraction of sp³-hybridized carbons (Fsp3) is 0.0769. The lowest BCUT2D eigenvalue weighted by Crippen LogP contribution is -1.94. The minimum absolute atomic E-state index is 0.207. The van der Waals surface area contributed by atoms with Crippen LogP contribution >= 0.6 is 0 Å². The van der Waals surface area contributed by atoms with Gasteiger partial charge in [-0.15, -0.1) is 0 Å². The molecule has 2 N–H and O–H groups in total. The van der Waals surface area contributed by atoms with E-state index in [2.05, 4.69) is 9.72 Å². The number of nitrogens with one attached hydrogen (secondary N) is 1. The summed E-state index contributed by atoms with van der Waals surface area (Å²) in [6, 6.07) is 5.25. The van der Waals surface area contributed by atoms with Gasteiger partial charge < -0.3 is 14.8 Å². The Morgan fingerprint density at radius 1 is 1.39 bits per heavy atom. The number of carbonyl (C=O) groups is 2. The van der Waals surface area contributed by atoms with Crippen LogP contribution in [0.15, 0.2) is 30.5 Å². The summed E-state index contributed by atoms with van der Waals surface area (Å²) < 4.78 is 4.48. The smallest absolute Gasteiger partial charge is 0.337 e. The van der Waals surface area contributed by atoms with Crippen molar-refractivity contribution in [2.45, 2.75) is 0 Å². The van der Waals surface area contributed by atoms with Gasteiger partial charge in [-0.25, -0.2) is 9.59 Å². The van der Waals surface area contributed by atoms with Gasteiger partial charge in [0.05, 0.1) is 12.7 Å². The van der Waals surface area contributed by atoms with Crippen molar-refractivity contribution in [3.05, 3.63) is 41.6 Å². The monoisotopic (exact) mass is 245 g/mol. The number of aromatic carboxylic acids is 1. The Morgan fingerprint density at radius 3 is 2.83 bits per heavy atom. The van der Waals surface area contributed by atoms with E-state index in [0.29, 0.717) is 5.39 Å². The van der Waals surface area contributed by atoms with E-state index in [-0.39, 0.29) is 5.56 Å². The van der Waals surface area contributed by atoms with Crippen LogP contribution in [0, 0.1) is 0 Å². The van der Waals surface area contributed by atoms with Gasteiger partial charge in [0.25, 0.3) is 0 Å². The summed E-state index contributed by atoms with van der Waals surface area (Å²) in [5.74, 6) is -1.45. The number of carboxylic acid groups (broad SMARTS) is 1. The van der Waals surface area contributed by atoms with Crippen molar-refractivity contribution >= 4 is 28.9 Å². The molecule has 1 aromatic carbocycles. The van der Waals surface area contributed by atoms with Gasteiger partial charge in [-0.3, -0.25) is 0 Å². The molecule has 1 aromatic heterocycles. The first kappa shape index (κ1) is 11.9. The van der Waals surface area contributed by atoms with E-state index in [4.69, 9.17) is 5.11 Å². The third-order valence-corrected chi connectivity index (χ3v) is 2.55. The largest absolute Gasteiger partial charge is 0.478 e. The number of ether oxygens (including phenoxy) is 1. The Labute approximate surface area is 103 Å². The molecule has 0 atom stereocenters. The van der Waals surface area contributed by atoms with Gasteiger partial charge in [-0.1, -0.05) is 6.07 Å². The number of hydrogen-bond donors (Lipinski definition) is 2. The van der Waals surface area contributed by atoms with Crippen molar-refractivity contribution in [3.8, 4) is 0 Å². The summed E-state index contributed by atoms with van der Waals surface area (Å²) in [7, 11) is 1.30. The van der Waals surface area contributed by atoms with Crippen molar-refractivity contribution in [1.82, 2.24) is 4.98 Å². The van der Waals surface area contributed by atoms with E-state index in [1.165, 1.54) is 19.4 Å². The molecule has 1 heterocycles. The predicted octanol–water partition coefficient (Wildman–Crippen LogP) is 2.05. The van der Waals surface area contributed by atoms with Crippen LogP contribution in [0.25, 0.3) is 17.0 Å². The summed E-state index contributed by atoms with van der Waals surface area (Å²) in [5.41, 5.74) is 1.68. The highest BCUT2D eigenvalue weighted by molar-refractivity contribution is 6.03. The molecule has 5 nitrogen and oxygen atoms in total. The molecule has 2 aromatic rings. The van der Waals surface area contributed by atoms with Crippen LogP contribution in [-0.2, 0) is 9.53 Å². The molecule has 0 amide bonds. The van der Waals surface area contributed by atoms with Crippen molar-refractivity contribution in [1.29, 1.82) is 0 Å². The molecule has 0 bridgehead atoms. The number of rotatable bonds is 3. The van der Waals surface area contributed by atoms with E-state index in [1.54, 1.807) is 24.3 Å². The molecule has 0 saturated carbocycles. The molecule has 92 valence electrons. The number of fused-ring (bicyclic) bond motifs is 1. The van der Waals surface area contributed by atoms with Gasteiger partial charge in [0.2, 0.25) is 0 Å². The van der Waals surface area contributed by atoms with Crippen LogP contribution in [0.5, 0.6) is 0 Å². The highest BCUT2D eigenvalue weighted by Crippen LogP contribution is 2.20. The van der Waals surface area contributed by atoms with Crippen molar-refractivity contribution < 1.29 is 19.4 Å². The average molecular weight is 245 g/mol. The Hall–Kier alpha value is -2.56. The lowest BCUT2D eigenvalue weighted by atomic mass is 10.1. The number of H-pyrrole nitrogens is 1. The molecule has 18 heavy (non-hydrogen) atoms. The number of carbonyl (C=O) groups excluding carboxylic acids is 1. The number of esters is 1. The molecule has 0 unspecified atom stereocenters. The summed E-state index contributed by atoms with van der Waals surface area (Å²) in [6.45, 7) is 0. The normalized spacial score (nSPS) is 10.9. The highest BCUT2D eigenvalue weighted by atomic mass is 16.5. The van der Waals surface area contributed by atoms with Crippen molar-refractivity contribution in [2.75, 3.05) is 7.11 Å². The highest BCUT2D eigenvalue weighted by Gasteiger charge is 2.10. The molecule has 2 rings (SSSR count). The second kappa shape index (κ2) is 4.75. The minimum Gasteiger partial charge on any atom is -0.478 e. The Bertz CT molecular complexity index is 639. The lowest BCUT2D eigenvalue weighted by Gasteiger charge is -1.96. The van der Waals surface area contributed by atoms with Gasteiger partial charge in [0.15, 0.2) is 0 Å². The zero-order valence-electron chi connectivity index (χ0n) is 9.64. The van der Waals surface area contributed by atoms with Crippen molar-refractivity contribution in [2.24, 2.45) is 0 Å². The number of benzene rings is 1. The molecule has 0 saturated heterocycles. The van der Waals surface area contributed by atoms with Gasteiger partial charge in [0.1, 0.15) is 0 Å². The first-order valence-electron chi connectivity index (χ1n) is 5.22. The second-order valence-electron chi connectivity index (χ2n) is 3.67. The minimum atomic E-state index is -0.990. The third kappa shape index (κ3) is 2.24. The molecule has 0 aliphatic heterocycles. The second-order valence-corrected chi connectivity index (χ2v) is 3.67. The number of methoxy groups -OCH3 is 1. The fourth-order valence-corrected chi connectivity index (χ4v) is 1.65. The van der Waals surface area contributed by atoms with Gasteiger partial charge in [-0.05, 0) is 23.8 Å². The van der Waals surface area contributed by atoms with Crippen LogP contribution in [0.4, 0.5) is 0 Å². The maximum atomic E-state index is 11.0. The zero-order chi connectivity index (χ0) is 13.1. The average Bonchev–Trinajstić information content (AvgIpc) is 2.78. The molecule has 5 heteroatoms. The molecule has 0 aliphatic carbocycles. The van der Waals surface area contributed by atoms with Crippen LogP contribution in [-0.4, -0.2) is 29.1 Å². The topological polar surface area (TPSA) is 79.4 Å². The van der Waals surface area contributed by atoms with Crippen LogP contribution in [0.2, 0.25) is 0 Å². The zero-order valence-corrected chi connectivity index (χ0v) is 9.64. The van der Waals surface area contributed by atoms with Crippen LogP contribution < -0.4 is 0 Å². The lowest BCUT2D eigenvalue weighted by molar-refractivity contribution is -0.134. The molecule has 0 aliphatic rings. The van der Waals surface area contributed by atoms with Gasteiger partial charge in [-0.2, -0.15) is 0 Å². The summed E-state index contributed by atoms with van der Waals surface area (Å²) in [6.07, 6.45) is 4.30. The molecular weight excluding hydrogens is 234 g/mol. The van der Waals surface area contributed by atoms with E-state index in [0.717, 1.165) is 11.1 Å². The Morgan fingerprint density at radius 2 is 2.17 bits per heavy atom. The molecule has 0 spiro atoms. The SMILES string of the molecule is COC(=O)C=Cc1ccc2[nH]cc(C(=O)O)c2c1. The van der Waals surface area contributed by atoms with Gasteiger partial charge >= 0.3 is 11.9 Å². The first-order valence-corrected chi connectivity index (χ1v) is 5.22. The van der Waals surface area contributed by atoms with Crippen molar-refractivity contribution in [3.63, 3.8) is 0 Å². The third-order valence-electron chi connectivity index (χ3n) is 2.55. The number of hydrogen-bond acceptors (Lipinski definition) is 3. The summed E-state index contributed by atoms with van der Waals surface area (Å²) in [4.78, 5) is 24.8. The van der Waals surface area contributed by atoms with Crippen LogP contribution in [0.1, 0.15) is 15.9 Å². The summed E-state index contributed by atoms with van der Waals surface area (Å²) >= 11 is 0. The number of carboxylic acids is 1. The van der Waals surface area contributed by atoms with E-state index in [1.807, 2.05) is 0 Å². The van der Waals surface area contributed by atoms with Crippen LogP contribution in [0.3, 0.4) is 0 Å². The van der Waals surface area contributed by atoms with E-state index >= 15 is 0 Å². The number of aromatic amines is 1.